The van der Waals surface area contributed by atoms with E-state index in [9.17, 15) is 13.2 Å². The zero-order chi connectivity index (χ0) is 16.1. The molecule has 1 aromatic heterocycles. The van der Waals surface area contributed by atoms with Crippen LogP contribution in [0.1, 0.15) is 25.0 Å². The summed E-state index contributed by atoms with van der Waals surface area (Å²) >= 11 is 1.12. The number of ether oxygens (including phenoxy) is 1. The van der Waals surface area contributed by atoms with Crippen LogP contribution in [-0.4, -0.2) is 39.6 Å². The second-order valence-electron chi connectivity index (χ2n) is 6.04. The number of hydrogen-bond acceptors (Lipinski definition) is 7. The molecule has 1 saturated heterocycles. The molecule has 22 heavy (non-hydrogen) atoms. The van der Waals surface area contributed by atoms with Crippen molar-refractivity contribution in [2.75, 3.05) is 25.1 Å². The number of piperidine rings is 1. The SMILES string of the molecule is COC(=O)[C@H]1CC12CCN(c1nc(C)c(S(N)(=O)=O)s1)CC2. The summed E-state index contributed by atoms with van der Waals surface area (Å²) in [6, 6.07) is 0. The maximum absolute atomic E-state index is 11.6. The highest BCUT2D eigenvalue weighted by atomic mass is 32.2. The third-order valence-electron chi connectivity index (χ3n) is 4.71. The molecule has 2 N–H and O–H groups in total. The van der Waals surface area contributed by atoms with Crippen molar-refractivity contribution in [3.8, 4) is 0 Å². The first-order valence-electron chi connectivity index (χ1n) is 7.10. The number of esters is 1. The fraction of sp³-hybridized carbons (Fsp3) is 0.692. The molecule has 3 rings (SSSR count). The number of nitrogens with zero attached hydrogens (tertiary/aromatic N) is 2. The van der Waals surface area contributed by atoms with Crippen LogP contribution in [-0.2, 0) is 19.6 Å². The van der Waals surface area contributed by atoms with E-state index >= 15 is 0 Å². The molecule has 1 spiro atoms. The van der Waals surface area contributed by atoms with E-state index in [0.717, 1.165) is 43.7 Å². The van der Waals surface area contributed by atoms with Gasteiger partial charge < -0.3 is 9.64 Å². The molecule has 2 aliphatic rings. The number of rotatable bonds is 3. The van der Waals surface area contributed by atoms with Crippen molar-refractivity contribution in [2.45, 2.75) is 30.4 Å². The molecule has 1 aliphatic carbocycles. The van der Waals surface area contributed by atoms with Gasteiger partial charge in [-0.3, -0.25) is 4.79 Å². The number of primary sulfonamides is 1. The summed E-state index contributed by atoms with van der Waals surface area (Å²) in [6.07, 6.45) is 2.69. The van der Waals surface area contributed by atoms with Gasteiger partial charge in [0.1, 0.15) is 0 Å². The lowest BCUT2D eigenvalue weighted by Gasteiger charge is -2.32. The molecule has 2 fully saturated rings. The minimum absolute atomic E-state index is 0.0256. The van der Waals surface area contributed by atoms with Crippen molar-refractivity contribution < 1.29 is 17.9 Å². The molecule has 0 bridgehead atoms. The zero-order valence-corrected chi connectivity index (χ0v) is 14.2. The number of hydrogen-bond donors (Lipinski definition) is 1. The number of thiazole rings is 1. The summed E-state index contributed by atoms with van der Waals surface area (Å²) in [7, 11) is -2.29. The molecule has 9 heteroatoms. The van der Waals surface area contributed by atoms with Crippen molar-refractivity contribution in [2.24, 2.45) is 16.5 Å². The Balaban J connectivity index is 1.69. The van der Waals surface area contributed by atoms with E-state index in [-0.39, 0.29) is 21.5 Å². The fourth-order valence-electron chi connectivity index (χ4n) is 3.29. The predicted octanol–water partition coefficient (Wildman–Crippen LogP) is 0.878. The van der Waals surface area contributed by atoms with E-state index in [4.69, 9.17) is 9.88 Å². The Morgan fingerprint density at radius 2 is 2.09 bits per heavy atom. The quantitative estimate of drug-likeness (QED) is 0.816. The largest absolute Gasteiger partial charge is 0.469 e. The summed E-state index contributed by atoms with van der Waals surface area (Å²) in [6.45, 7) is 3.19. The summed E-state index contributed by atoms with van der Waals surface area (Å²) in [5.41, 5.74) is 0.528. The predicted molar refractivity (Wildman–Crippen MR) is 82.2 cm³/mol. The highest BCUT2D eigenvalue weighted by Crippen LogP contribution is 2.60. The van der Waals surface area contributed by atoms with Crippen LogP contribution in [0.4, 0.5) is 5.13 Å². The van der Waals surface area contributed by atoms with Gasteiger partial charge in [0.2, 0.25) is 10.0 Å². The molecule has 1 atom stereocenters. The van der Waals surface area contributed by atoms with E-state index in [2.05, 4.69) is 9.88 Å². The molecule has 122 valence electrons. The molecule has 1 aliphatic heterocycles. The van der Waals surface area contributed by atoms with Crippen LogP contribution in [0.2, 0.25) is 0 Å². The molecule has 0 aromatic carbocycles. The van der Waals surface area contributed by atoms with Crippen molar-refractivity contribution >= 4 is 32.5 Å². The summed E-state index contributed by atoms with van der Waals surface area (Å²) in [5.74, 6) is -0.0901. The van der Waals surface area contributed by atoms with Crippen molar-refractivity contribution in [3.63, 3.8) is 0 Å². The van der Waals surface area contributed by atoms with Gasteiger partial charge in [-0.1, -0.05) is 11.3 Å². The number of nitrogens with two attached hydrogens (primary N) is 1. The van der Waals surface area contributed by atoms with Crippen molar-refractivity contribution in [3.05, 3.63) is 5.69 Å². The topological polar surface area (TPSA) is 103 Å². The second kappa shape index (κ2) is 5.17. The Kier molecular flexibility index (Phi) is 3.69. The monoisotopic (exact) mass is 345 g/mol. The number of aromatic nitrogens is 1. The number of sulfonamides is 1. The minimum Gasteiger partial charge on any atom is -0.469 e. The van der Waals surface area contributed by atoms with Gasteiger partial charge in [-0.25, -0.2) is 18.5 Å². The molecule has 1 aromatic rings. The zero-order valence-electron chi connectivity index (χ0n) is 12.5. The average molecular weight is 345 g/mol. The summed E-state index contributed by atoms with van der Waals surface area (Å²) < 4.78 is 27.9. The van der Waals surface area contributed by atoms with Crippen molar-refractivity contribution in [1.29, 1.82) is 0 Å². The first-order valence-corrected chi connectivity index (χ1v) is 9.46. The second-order valence-corrected chi connectivity index (χ2v) is 8.78. The van der Waals surface area contributed by atoms with Crippen molar-refractivity contribution in [1.82, 2.24) is 4.98 Å². The highest BCUT2D eigenvalue weighted by Gasteiger charge is 2.59. The normalized spacial score (nSPS) is 23.6. The fourth-order valence-corrected chi connectivity index (χ4v) is 5.29. The third-order valence-corrected chi connectivity index (χ3v) is 7.48. The van der Waals surface area contributed by atoms with Gasteiger partial charge in [-0.2, -0.15) is 0 Å². The lowest BCUT2D eigenvalue weighted by atomic mass is 9.91. The standard InChI is InChI=1S/C13H19N3O4S2/c1-8-11(22(14,18)19)21-12(15-8)16-5-3-13(4-6-16)7-9(13)10(17)20-2/h9H,3-7H2,1-2H3,(H2,14,18,19)/t9-/m1/s1. The lowest BCUT2D eigenvalue weighted by molar-refractivity contribution is -0.143. The number of methoxy groups -OCH3 is 1. The van der Waals surface area contributed by atoms with Gasteiger partial charge in [0.05, 0.1) is 18.7 Å². The van der Waals surface area contributed by atoms with E-state index in [1.54, 1.807) is 6.92 Å². The van der Waals surface area contributed by atoms with Crippen LogP contribution in [0.5, 0.6) is 0 Å². The smallest absolute Gasteiger partial charge is 0.309 e. The van der Waals surface area contributed by atoms with Gasteiger partial charge in [0, 0.05) is 13.1 Å². The molecular formula is C13H19N3O4S2. The maximum atomic E-state index is 11.6. The van der Waals surface area contributed by atoms with Crippen LogP contribution in [0.25, 0.3) is 0 Å². The molecule has 1 saturated carbocycles. The van der Waals surface area contributed by atoms with Crippen LogP contribution in [0.3, 0.4) is 0 Å². The third kappa shape index (κ3) is 2.61. The molecule has 7 nitrogen and oxygen atoms in total. The van der Waals surface area contributed by atoms with Gasteiger partial charge in [0.25, 0.3) is 0 Å². The number of carbonyl (C=O) groups is 1. The maximum Gasteiger partial charge on any atom is 0.309 e. The molecule has 0 unspecified atom stereocenters. The van der Waals surface area contributed by atoms with Crippen LogP contribution >= 0.6 is 11.3 Å². The van der Waals surface area contributed by atoms with Crippen LogP contribution in [0, 0.1) is 18.3 Å². The van der Waals surface area contributed by atoms with E-state index in [0.29, 0.717) is 10.8 Å². The number of anilines is 1. The molecular weight excluding hydrogens is 326 g/mol. The first kappa shape index (κ1) is 15.7. The van der Waals surface area contributed by atoms with E-state index in [1.807, 2.05) is 0 Å². The van der Waals surface area contributed by atoms with Crippen LogP contribution in [0.15, 0.2) is 4.21 Å². The highest BCUT2D eigenvalue weighted by molar-refractivity contribution is 7.91. The Morgan fingerprint density at radius 1 is 1.45 bits per heavy atom. The Morgan fingerprint density at radius 3 is 2.59 bits per heavy atom. The molecule has 0 radical (unpaired) electrons. The Hall–Kier alpha value is -1.19. The van der Waals surface area contributed by atoms with Gasteiger partial charge in [-0.15, -0.1) is 0 Å². The van der Waals surface area contributed by atoms with E-state index < -0.39 is 10.0 Å². The molecule has 0 amide bonds. The number of aryl methyl sites for hydroxylation is 1. The lowest BCUT2D eigenvalue weighted by Crippen LogP contribution is -2.35. The number of carbonyl (C=O) groups excluding carboxylic acids is 1. The first-order chi connectivity index (χ1) is 10.3. The van der Waals surface area contributed by atoms with Crippen LogP contribution < -0.4 is 10.0 Å². The van der Waals surface area contributed by atoms with E-state index in [1.165, 1.54) is 7.11 Å². The Labute approximate surface area is 133 Å². The minimum atomic E-state index is -3.72. The van der Waals surface area contributed by atoms with Gasteiger partial charge in [-0.05, 0) is 31.6 Å². The Bertz CT molecular complexity index is 705. The van der Waals surface area contributed by atoms with Gasteiger partial charge >= 0.3 is 5.97 Å². The molecule has 2 heterocycles. The summed E-state index contributed by atoms with van der Waals surface area (Å²) in [5, 5.41) is 5.88. The average Bonchev–Trinajstić information content (AvgIpc) is 2.99. The van der Waals surface area contributed by atoms with Gasteiger partial charge in [0.15, 0.2) is 9.34 Å². The summed E-state index contributed by atoms with van der Waals surface area (Å²) in [4.78, 5) is 18.0.